The van der Waals surface area contributed by atoms with Crippen LogP contribution in [0.1, 0.15) is 56.8 Å². The van der Waals surface area contributed by atoms with Gasteiger partial charge in [-0.2, -0.15) is 0 Å². The Bertz CT molecular complexity index is 1600. The lowest BCUT2D eigenvalue weighted by Gasteiger charge is -2.29. The number of carboxylic acids is 1. The van der Waals surface area contributed by atoms with Gasteiger partial charge in [-0.3, -0.25) is 9.59 Å². The molecular formula is C31H26Cl2N4O6. The van der Waals surface area contributed by atoms with E-state index in [0.29, 0.717) is 17.1 Å². The van der Waals surface area contributed by atoms with Gasteiger partial charge in [0, 0.05) is 23.9 Å². The third-order valence-corrected chi connectivity index (χ3v) is 7.17. The number of hydrogen-bond donors (Lipinski definition) is 3. The molecular weight excluding hydrogens is 595 g/mol. The van der Waals surface area contributed by atoms with E-state index in [1.807, 2.05) is 12.1 Å². The number of amides is 2. The van der Waals surface area contributed by atoms with Crippen molar-refractivity contribution in [2.45, 2.75) is 37.8 Å². The average molecular weight is 621 g/mol. The number of rotatable bonds is 9. The molecule has 43 heavy (non-hydrogen) atoms. The first-order valence-electron chi connectivity index (χ1n) is 13.4. The number of ether oxygens (including phenoxy) is 2. The number of nitrogens with zero attached hydrogens (tertiary/aromatic N) is 2. The highest BCUT2D eigenvalue weighted by Gasteiger charge is 2.24. The minimum absolute atomic E-state index is 0.00785. The van der Waals surface area contributed by atoms with Gasteiger partial charge in [0.1, 0.15) is 21.8 Å². The fourth-order valence-electron chi connectivity index (χ4n) is 4.64. The molecule has 1 aliphatic rings. The maximum absolute atomic E-state index is 12.6. The van der Waals surface area contributed by atoms with E-state index in [2.05, 4.69) is 20.6 Å². The Morgan fingerprint density at radius 1 is 0.814 bits per heavy atom. The van der Waals surface area contributed by atoms with Gasteiger partial charge in [0.25, 0.3) is 11.8 Å². The molecule has 0 atom stereocenters. The van der Waals surface area contributed by atoms with Gasteiger partial charge in [0.2, 0.25) is 5.88 Å². The molecule has 5 rings (SSSR count). The van der Waals surface area contributed by atoms with E-state index in [4.69, 9.17) is 32.7 Å². The normalized spacial score (nSPS) is 16.1. The summed E-state index contributed by atoms with van der Waals surface area (Å²) in [6.45, 7) is 0. The zero-order valence-corrected chi connectivity index (χ0v) is 24.1. The van der Waals surface area contributed by atoms with Crippen molar-refractivity contribution in [1.82, 2.24) is 15.3 Å². The molecule has 220 valence electrons. The standard InChI is InChI=1S/C31H26Cl2N4O6/c32-26-15-19(16-27(33)37-26)30(39)35-20-6-8-21(9-7-20)42-22-10-12-23(13-11-22)43-28-14-5-18(17-34-28)29(38)36-25-4-2-1-3-24(25)31(40)41/h1-5,10-17,20-21H,6-9H2,(H,35,39)(H,36,38)(H,40,41). The third-order valence-electron chi connectivity index (χ3n) is 6.79. The van der Waals surface area contributed by atoms with Crippen LogP contribution in [0.5, 0.6) is 17.4 Å². The largest absolute Gasteiger partial charge is 0.490 e. The zero-order chi connectivity index (χ0) is 30.3. The first-order chi connectivity index (χ1) is 20.7. The number of anilines is 1. The minimum atomic E-state index is -1.14. The van der Waals surface area contributed by atoms with E-state index in [9.17, 15) is 19.5 Å². The van der Waals surface area contributed by atoms with E-state index in [-0.39, 0.29) is 51.1 Å². The van der Waals surface area contributed by atoms with Crippen molar-refractivity contribution in [1.29, 1.82) is 0 Å². The third kappa shape index (κ3) is 8.00. The Balaban J connectivity index is 1.08. The summed E-state index contributed by atoms with van der Waals surface area (Å²) < 4.78 is 11.9. The van der Waals surface area contributed by atoms with E-state index >= 15 is 0 Å². The second-order valence-electron chi connectivity index (χ2n) is 9.83. The van der Waals surface area contributed by atoms with Crippen LogP contribution in [-0.4, -0.2) is 45.0 Å². The smallest absolute Gasteiger partial charge is 0.337 e. The molecule has 0 spiro atoms. The van der Waals surface area contributed by atoms with Crippen LogP contribution in [0.15, 0.2) is 79.0 Å². The number of carbonyl (C=O) groups excluding carboxylic acids is 2. The number of aromatic carboxylic acids is 1. The number of benzene rings is 2. The Morgan fingerprint density at radius 3 is 2.14 bits per heavy atom. The quantitative estimate of drug-likeness (QED) is 0.177. The second kappa shape index (κ2) is 13.5. The molecule has 0 unspecified atom stereocenters. The topological polar surface area (TPSA) is 140 Å². The molecule has 10 nitrogen and oxygen atoms in total. The summed E-state index contributed by atoms with van der Waals surface area (Å²) in [6, 6.07) is 19.4. The van der Waals surface area contributed by atoms with Crippen LogP contribution in [0.2, 0.25) is 10.3 Å². The van der Waals surface area contributed by atoms with Crippen molar-refractivity contribution >= 4 is 46.7 Å². The van der Waals surface area contributed by atoms with Crippen molar-refractivity contribution in [3.05, 3.63) is 106 Å². The lowest BCUT2D eigenvalue weighted by molar-refractivity contribution is 0.0697. The summed E-state index contributed by atoms with van der Waals surface area (Å²) in [5.41, 5.74) is 0.810. The van der Waals surface area contributed by atoms with E-state index in [1.54, 1.807) is 36.4 Å². The maximum atomic E-state index is 12.6. The highest BCUT2D eigenvalue weighted by Crippen LogP contribution is 2.27. The monoisotopic (exact) mass is 620 g/mol. The number of para-hydroxylation sites is 1. The fraction of sp³-hybridized carbons (Fsp3) is 0.194. The molecule has 2 aromatic carbocycles. The molecule has 3 N–H and O–H groups in total. The van der Waals surface area contributed by atoms with Crippen LogP contribution in [0, 0.1) is 0 Å². The Hall–Kier alpha value is -4.67. The number of carbonyl (C=O) groups is 3. The Labute approximate surface area is 257 Å². The number of hydrogen-bond acceptors (Lipinski definition) is 7. The lowest BCUT2D eigenvalue weighted by atomic mass is 9.92. The van der Waals surface area contributed by atoms with Crippen LogP contribution < -0.4 is 20.1 Å². The molecule has 1 saturated carbocycles. The van der Waals surface area contributed by atoms with Crippen molar-refractivity contribution < 1.29 is 29.0 Å². The van der Waals surface area contributed by atoms with E-state index in [1.165, 1.54) is 30.5 Å². The van der Waals surface area contributed by atoms with Crippen molar-refractivity contribution in [2.24, 2.45) is 0 Å². The highest BCUT2D eigenvalue weighted by molar-refractivity contribution is 6.33. The predicted molar refractivity (Wildman–Crippen MR) is 161 cm³/mol. The molecule has 0 bridgehead atoms. The summed E-state index contributed by atoms with van der Waals surface area (Å²) in [7, 11) is 0. The minimum Gasteiger partial charge on any atom is -0.490 e. The van der Waals surface area contributed by atoms with Crippen molar-refractivity contribution in [2.75, 3.05) is 5.32 Å². The number of pyridine rings is 2. The van der Waals surface area contributed by atoms with Gasteiger partial charge in [-0.05, 0) is 80.3 Å². The van der Waals surface area contributed by atoms with E-state index in [0.717, 1.165) is 25.7 Å². The summed E-state index contributed by atoms with van der Waals surface area (Å²) in [5, 5.41) is 15.3. The van der Waals surface area contributed by atoms with Gasteiger partial charge in [-0.1, -0.05) is 35.3 Å². The van der Waals surface area contributed by atoms with Gasteiger partial charge < -0.3 is 25.2 Å². The maximum Gasteiger partial charge on any atom is 0.337 e. The van der Waals surface area contributed by atoms with Gasteiger partial charge in [0.05, 0.1) is 22.9 Å². The van der Waals surface area contributed by atoms with Gasteiger partial charge in [0.15, 0.2) is 0 Å². The SMILES string of the molecule is O=C(Nc1ccccc1C(=O)O)c1ccc(Oc2ccc(OC3CCC(NC(=O)c4cc(Cl)nc(Cl)c4)CC3)cc2)nc1. The Morgan fingerprint density at radius 2 is 1.49 bits per heavy atom. The molecule has 0 radical (unpaired) electrons. The van der Waals surface area contributed by atoms with E-state index < -0.39 is 11.9 Å². The van der Waals surface area contributed by atoms with Gasteiger partial charge in [-0.15, -0.1) is 0 Å². The number of nitrogens with one attached hydrogen (secondary N) is 2. The molecule has 2 amide bonds. The first kappa shape index (κ1) is 29.8. The summed E-state index contributed by atoms with van der Waals surface area (Å²) in [5.74, 6) is -0.345. The fourth-order valence-corrected chi connectivity index (χ4v) is 5.10. The number of aromatic nitrogens is 2. The molecule has 2 aromatic heterocycles. The van der Waals surface area contributed by atoms with Crippen LogP contribution in [0.25, 0.3) is 0 Å². The first-order valence-corrected chi connectivity index (χ1v) is 14.2. The average Bonchev–Trinajstić information content (AvgIpc) is 2.99. The van der Waals surface area contributed by atoms with Crippen LogP contribution in [-0.2, 0) is 0 Å². The summed E-state index contributed by atoms with van der Waals surface area (Å²) in [6.07, 6.45) is 4.49. The van der Waals surface area contributed by atoms with Crippen LogP contribution in [0.4, 0.5) is 5.69 Å². The molecule has 1 fully saturated rings. The molecule has 2 heterocycles. The summed E-state index contributed by atoms with van der Waals surface area (Å²) in [4.78, 5) is 44.6. The Kier molecular flexibility index (Phi) is 9.38. The predicted octanol–water partition coefficient (Wildman–Crippen LogP) is 6.65. The van der Waals surface area contributed by atoms with Gasteiger partial charge in [-0.25, -0.2) is 14.8 Å². The van der Waals surface area contributed by atoms with Crippen LogP contribution in [0.3, 0.4) is 0 Å². The molecule has 0 saturated heterocycles. The number of carboxylic acid groups (broad SMARTS) is 1. The van der Waals surface area contributed by atoms with Gasteiger partial charge >= 0.3 is 5.97 Å². The zero-order valence-electron chi connectivity index (χ0n) is 22.6. The van der Waals surface area contributed by atoms with Crippen molar-refractivity contribution in [3.63, 3.8) is 0 Å². The highest BCUT2D eigenvalue weighted by atomic mass is 35.5. The molecule has 0 aliphatic heterocycles. The molecule has 1 aliphatic carbocycles. The second-order valence-corrected chi connectivity index (χ2v) is 10.6. The van der Waals surface area contributed by atoms with Crippen LogP contribution >= 0.6 is 23.2 Å². The number of halogens is 2. The molecule has 4 aromatic rings. The summed E-state index contributed by atoms with van der Waals surface area (Å²) >= 11 is 11.8. The lowest BCUT2D eigenvalue weighted by Crippen LogP contribution is -2.39. The molecule has 12 heteroatoms. The van der Waals surface area contributed by atoms with Crippen molar-refractivity contribution in [3.8, 4) is 17.4 Å².